The first-order valence-corrected chi connectivity index (χ1v) is 6.86. The number of aliphatic hydroxyl groups is 1. The largest absolute Gasteiger partial charge is 0.393 e. The van der Waals surface area contributed by atoms with Crippen LogP contribution in [0.2, 0.25) is 5.02 Å². The van der Waals surface area contributed by atoms with Crippen LogP contribution >= 0.6 is 11.6 Å². The summed E-state index contributed by atoms with van der Waals surface area (Å²) in [6, 6.07) is 4.73. The third kappa shape index (κ3) is 3.67. The lowest BCUT2D eigenvalue weighted by Gasteiger charge is -2.26. The van der Waals surface area contributed by atoms with E-state index in [4.69, 9.17) is 11.6 Å². The number of halogens is 2. The average molecular weight is 272 g/mol. The Kier molecular flexibility index (Phi) is 4.98. The van der Waals surface area contributed by atoms with Gasteiger partial charge in [0.2, 0.25) is 0 Å². The molecular weight excluding hydrogens is 253 g/mol. The average Bonchev–Trinajstić information content (AvgIpc) is 2.33. The van der Waals surface area contributed by atoms with E-state index < -0.39 is 0 Å². The molecule has 0 aliphatic heterocycles. The van der Waals surface area contributed by atoms with Gasteiger partial charge in [-0.25, -0.2) is 4.39 Å². The SMILES string of the molecule is OC1CCCC(CNCc2c(F)cccc2Cl)C1. The molecule has 2 rings (SSSR count). The van der Waals surface area contributed by atoms with Gasteiger partial charge in [0, 0.05) is 17.1 Å². The van der Waals surface area contributed by atoms with Crippen LogP contribution in [0.25, 0.3) is 0 Å². The standard InChI is InChI=1S/C14H19ClFNO/c15-13-5-2-6-14(16)12(13)9-17-8-10-3-1-4-11(18)7-10/h2,5-6,10-11,17-18H,1,3-4,7-9H2. The summed E-state index contributed by atoms with van der Waals surface area (Å²) in [7, 11) is 0. The second-order valence-corrected chi connectivity index (χ2v) is 5.42. The summed E-state index contributed by atoms with van der Waals surface area (Å²) in [5, 5.41) is 13.3. The molecule has 0 amide bonds. The second-order valence-electron chi connectivity index (χ2n) is 5.02. The Morgan fingerprint density at radius 1 is 1.39 bits per heavy atom. The van der Waals surface area contributed by atoms with Crippen molar-refractivity contribution < 1.29 is 9.50 Å². The minimum atomic E-state index is -0.265. The zero-order chi connectivity index (χ0) is 13.0. The summed E-state index contributed by atoms with van der Waals surface area (Å²) in [4.78, 5) is 0. The topological polar surface area (TPSA) is 32.3 Å². The molecule has 1 aromatic rings. The summed E-state index contributed by atoms with van der Waals surface area (Å²) in [6.45, 7) is 1.25. The second kappa shape index (κ2) is 6.50. The fraction of sp³-hybridized carbons (Fsp3) is 0.571. The zero-order valence-electron chi connectivity index (χ0n) is 10.3. The van der Waals surface area contributed by atoms with Crippen molar-refractivity contribution in [1.82, 2.24) is 5.32 Å². The van der Waals surface area contributed by atoms with Crippen molar-refractivity contribution in [3.8, 4) is 0 Å². The van der Waals surface area contributed by atoms with Crippen LogP contribution in [0.15, 0.2) is 18.2 Å². The number of benzene rings is 1. The maximum absolute atomic E-state index is 13.5. The van der Waals surface area contributed by atoms with Crippen molar-refractivity contribution in [2.45, 2.75) is 38.3 Å². The van der Waals surface area contributed by atoms with Gasteiger partial charge in [-0.3, -0.25) is 0 Å². The summed E-state index contributed by atoms with van der Waals surface area (Å²) in [5.74, 6) is 0.220. The molecule has 1 saturated carbocycles. The van der Waals surface area contributed by atoms with Crippen molar-refractivity contribution >= 4 is 11.6 Å². The zero-order valence-corrected chi connectivity index (χ0v) is 11.1. The van der Waals surface area contributed by atoms with Gasteiger partial charge in [0.05, 0.1) is 6.10 Å². The lowest BCUT2D eigenvalue weighted by Crippen LogP contribution is -2.29. The van der Waals surface area contributed by atoms with E-state index in [1.807, 2.05) is 0 Å². The summed E-state index contributed by atoms with van der Waals surface area (Å²) in [5.41, 5.74) is 0.524. The molecule has 2 N–H and O–H groups in total. The van der Waals surface area contributed by atoms with E-state index in [2.05, 4.69) is 5.32 Å². The van der Waals surface area contributed by atoms with Crippen LogP contribution in [0.5, 0.6) is 0 Å². The quantitative estimate of drug-likeness (QED) is 0.882. The predicted octanol–water partition coefficient (Wildman–Crippen LogP) is 3.12. The Morgan fingerprint density at radius 2 is 2.22 bits per heavy atom. The fourth-order valence-electron chi connectivity index (χ4n) is 2.55. The van der Waals surface area contributed by atoms with Gasteiger partial charge in [0.1, 0.15) is 5.82 Å². The van der Waals surface area contributed by atoms with Gasteiger partial charge in [-0.05, 0) is 43.9 Å². The van der Waals surface area contributed by atoms with Crippen LogP contribution in [0, 0.1) is 11.7 Å². The minimum Gasteiger partial charge on any atom is -0.393 e. The van der Waals surface area contributed by atoms with E-state index in [-0.39, 0.29) is 11.9 Å². The molecule has 18 heavy (non-hydrogen) atoms. The van der Waals surface area contributed by atoms with Gasteiger partial charge in [-0.2, -0.15) is 0 Å². The number of aliphatic hydroxyl groups excluding tert-OH is 1. The first-order valence-electron chi connectivity index (χ1n) is 6.48. The number of nitrogens with one attached hydrogen (secondary N) is 1. The van der Waals surface area contributed by atoms with Gasteiger partial charge < -0.3 is 10.4 Å². The smallest absolute Gasteiger partial charge is 0.129 e. The van der Waals surface area contributed by atoms with Crippen LogP contribution in [-0.4, -0.2) is 17.8 Å². The van der Waals surface area contributed by atoms with Crippen molar-refractivity contribution in [3.63, 3.8) is 0 Å². The highest BCUT2D eigenvalue weighted by atomic mass is 35.5. The molecule has 2 nitrogen and oxygen atoms in total. The lowest BCUT2D eigenvalue weighted by atomic mass is 9.87. The van der Waals surface area contributed by atoms with Crippen molar-refractivity contribution in [2.24, 2.45) is 5.92 Å². The first kappa shape index (κ1) is 13.8. The lowest BCUT2D eigenvalue weighted by molar-refractivity contribution is 0.101. The Bertz CT molecular complexity index is 379. The predicted molar refractivity (Wildman–Crippen MR) is 71.1 cm³/mol. The van der Waals surface area contributed by atoms with E-state index >= 15 is 0 Å². The Morgan fingerprint density at radius 3 is 2.94 bits per heavy atom. The van der Waals surface area contributed by atoms with E-state index in [0.717, 1.165) is 32.2 Å². The van der Waals surface area contributed by atoms with E-state index in [9.17, 15) is 9.50 Å². The van der Waals surface area contributed by atoms with Crippen molar-refractivity contribution in [3.05, 3.63) is 34.6 Å². The Hall–Kier alpha value is -0.640. The van der Waals surface area contributed by atoms with Crippen LogP contribution in [0.3, 0.4) is 0 Å². The van der Waals surface area contributed by atoms with Crippen molar-refractivity contribution in [2.75, 3.05) is 6.54 Å². The molecule has 2 unspecified atom stereocenters. The molecular formula is C14H19ClFNO. The van der Waals surface area contributed by atoms with Gasteiger partial charge in [-0.15, -0.1) is 0 Å². The van der Waals surface area contributed by atoms with Crippen LogP contribution in [-0.2, 0) is 6.54 Å². The molecule has 0 saturated heterocycles. The summed E-state index contributed by atoms with van der Waals surface area (Å²) in [6.07, 6.45) is 3.80. The van der Waals surface area contributed by atoms with E-state index in [1.165, 1.54) is 6.07 Å². The monoisotopic (exact) mass is 271 g/mol. The van der Waals surface area contributed by atoms with Crippen molar-refractivity contribution in [1.29, 1.82) is 0 Å². The van der Waals surface area contributed by atoms with Crippen LogP contribution in [0.4, 0.5) is 4.39 Å². The Labute approximate surface area is 112 Å². The highest BCUT2D eigenvalue weighted by Crippen LogP contribution is 2.24. The normalized spacial score (nSPS) is 24.2. The first-order chi connectivity index (χ1) is 8.66. The summed E-state index contributed by atoms with van der Waals surface area (Å²) >= 11 is 5.95. The van der Waals surface area contributed by atoms with Gasteiger partial charge >= 0.3 is 0 Å². The summed E-state index contributed by atoms with van der Waals surface area (Å²) < 4.78 is 13.5. The highest BCUT2D eigenvalue weighted by molar-refractivity contribution is 6.31. The van der Waals surface area contributed by atoms with Gasteiger partial charge in [-0.1, -0.05) is 24.1 Å². The minimum absolute atomic E-state index is 0.164. The highest BCUT2D eigenvalue weighted by Gasteiger charge is 2.19. The van der Waals surface area contributed by atoms with Gasteiger partial charge in [0.15, 0.2) is 0 Å². The maximum atomic E-state index is 13.5. The number of hydrogen-bond donors (Lipinski definition) is 2. The molecule has 4 heteroatoms. The molecule has 1 fully saturated rings. The molecule has 100 valence electrons. The van der Waals surface area contributed by atoms with Crippen LogP contribution in [0.1, 0.15) is 31.2 Å². The maximum Gasteiger partial charge on any atom is 0.129 e. The van der Waals surface area contributed by atoms with E-state index in [1.54, 1.807) is 12.1 Å². The van der Waals surface area contributed by atoms with E-state index in [0.29, 0.717) is 23.0 Å². The third-order valence-corrected chi connectivity index (χ3v) is 3.91. The third-order valence-electron chi connectivity index (χ3n) is 3.55. The molecule has 1 aromatic carbocycles. The molecule has 1 aliphatic carbocycles. The van der Waals surface area contributed by atoms with Crippen LogP contribution < -0.4 is 5.32 Å². The molecule has 0 radical (unpaired) electrons. The number of rotatable bonds is 4. The molecule has 1 aliphatic rings. The molecule has 2 atom stereocenters. The van der Waals surface area contributed by atoms with Gasteiger partial charge in [0.25, 0.3) is 0 Å². The molecule has 0 spiro atoms. The molecule has 0 heterocycles. The fourth-order valence-corrected chi connectivity index (χ4v) is 2.78. The Balaban J connectivity index is 1.81. The molecule has 0 aromatic heterocycles. The number of hydrogen-bond acceptors (Lipinski definition) is 2. The molecule has 0 bridgehead atoms.